The summed E-state index contributed by atoms with van der Waals surface area (Å²) in [5, 5.41) is 11.8. The van der Waals surface area contributed by atoms with Crippen molar-refractivity contribution in [3.63, 3.8) is 0 Å². The van der Waals surface area contributed by atoms with Gasteiger partial charge in [-0.3, -0.25) is 9.78 Å². The summed E-state index contributed by atoms with van der Waals surface area (Å²) < 4.78 is 5.57. The Hall–Kier alpha value is -2.22. The van der Waals surface area contributed by atoms with E-state index in [1.54, 1.807) is 6.20 Å². The molecule has 2 aromatic rings. The first kappa shape index (κ1) is 17.8. The zero-order valence-electron chi connectivity index (χ0n) is 14.8. The van der Waals surface area contributed by atoms with Crippen molar-refractivity contribution in [1.29, 1.82) is 0 Å². The number of halogens is 1. The number of ether oxygens (including phenoxy) is 1. The number of anilines is 1. The molecular formula is C20H18ClN3O3S. The molecule has 3 saturated heterocycles. The molecule has 5 atom stereocenters. The van der Waals surface area contributed by atoms with E-state index in [0.717, 1.165) is 11.4 Å². The third-order valence-corrected chi connectivity index (χ3v) is 6.48. The van der Waals surface area contributed by atoms with Gasteiger partial charge in [-0.15, -0.1) is 0 Å². The number of hydrogen-bond donors (Lipinski definition) is 1. The topological polar surface area (TPSA) is 65.9 Å². The number of nitrogens with zero attached hydrogens (tertiary/aromatic N) is 3. The van der Waals surface area contributed by atoms with Crippen molar-refractivity contribution in [2.24, 2.45) is 5.92 Å². The van der Waals surface area contributed by atoms with Crippen LogP contribution >= 0.6 is 23.8 Å². The molecule has 28 heavy (non-hydrogen) atoms. The summed E-state index contributed by atoms with van der Waals surface area (Å²) in [4.78, 5) is 21.0. The maximum Gasteiger partial charge on any atom is 0.311 e. The molecule has 2 bridgehead atoms. The van der Waals surface area contributed by atoms with Gasteiger partial charge in [-0.05, 0) is 55.0 Å². The number of pyridine rings is 1. The molecule has 1 aromatic heterocycles. The van der Waals surface area contributed by atoms with Crippen molar-refractivity contribution in [3.05, 3.63) is 59.4 Å². The van der Waals surface area contributed by atoms with Gasteiger partial charge in [0.2, 0.25) is 0 Å². The molecule has 5 unspecified atom stereocenters. The van der Waals surface area contributed by atoms with Crippen molar-refractivity contribution in [2.45, 2.75) is 37.3 Å². The van der Waals surface area contributed by atoms with Gasteiger partial charge >= 0.3 is 5.97 Å². The van der Waals surface area contributed by atoms with E-state index in [0.29, 0.717) is 23.1 Å². The highest BCUT2D eigenvalue weighted by Gasteiger charge is 2.63. The smallest absolute Gasteiger partial charge is 0.311 e. The highest BCUT2D eigenvalue weighted by Crippen LogP contribution is 2.46. The molecule has 0 radical (unpaired) electrons. The number of fused-ring (bicyclic) bond motifs is 2. The summed E-state index contributed by atoms with van der Waals surface area (Å²) in [7, 11) is 0. The van der Waals surface area contributed by atoms with Gasteiger partial charge in [-0.1, -0.05) is 17.7 Å². The first-order chi connectivity index (χ1) is 13.5. The van der Waals surface area contributed by atoms with E-state index in [1.165, 1.54) is 0 Å². The molecule has 4 fully saturated rings. The summed E-state index contributed by atoms with van der Waals surface area (Å²) in [6.45, 7) is 0.485. The van der Waals surface area contributed by atoms with Crippen molar-refractivity contribution in [3.8, 4) is 0 Å². The minimum atomic E-state index is -0.692. The molecule has 144 valence electrons. The number of thiocarbonyl (C=S) groups is 1. The van der Waals surface area contributed by atoms with Crippen LogP contribution in [-0.4, -0.2) is 50.4 Å². The third-order valence-electron chi connectivity index (χ3n) is 5.80. The lowest BCUT2D eigenvalue weighted by Gasteiger charge is -2.49. The largest absolute Gasteiger partial charge is 0.457 e. The number of benzene rings is 1. The average Bonchev–Trinajstić information content (AvgIpc) is 2.98. The summed E-state index contributed by atoms with van der Waals surface area (Å²) in [5.41, 5.74) is 1.74. The van der Waals surface area contributed by atoms with E-state index in [9.17, 15) is 9.90 Å². The van der Waals surface area contributed by atoms with Crippen LogP contribution in [0.2, 0.25) is 5.02 Å². The lowest BCUT2D eigenvalue weighted by atomic mass is 9.74. The number of rotatable bonds is 3. The molecule has 1 saturated carbocycles. The number of esters is 1. The monoisotopic (exact) mass is 415 g/mol. The second-order valence-electron chi connectivity index (χ2n) is 7.37. The van der Waals surface area contributed by atoms with Gasteiger partial charge in [-0.2, -0.15) is 0 Å². The number of hydrogen-bond acceptors (Lipinski definition) is 5. The second kappa shape index (κ2) is 6.69. The highest BCUT2D eigenvalue weighted by atomic mass is 35.5. The maximum absolute atomic E-state index is 12.5. The van der Waals surface area contributed by atoms with Crippen LogP contribution in [0, 0.1) is 5.92 Å². The van der Waals surface area contributed by atoms with Crippen LogP contribution in [-0.2, 0) is 16.1 Å². The Morgan fingerprint density at radius 3 is 2.71 bits per heavy atom. The molecule has 0 spiro atoms. The molecule has 4 heterocycles. The Kier molecular flexibility index (Phi) is 4.26. The molecule has 3 aliphatic heterocycles. The number of carbonyl (C=O) groups is 1. The zero-order chi connectivity index (χ0) is 19.4. The van der Waals surface area contributed by atoms with Gasteiger partial charge in [0.15, 0.2) is 5.11 Å². The van der Waals surface area contributed by atoms with Gasteiger partial charge < -0.3 is 19.6 Å². The standard InChI is InChI=1S/C20H18ClN3O3S/c21-11-4-6-13(7-5-11)24-16-14-9-15(25)18(27-19(14)26)17(16)23(20(24)28)10-12-3-1-2-8-22-12/h1-8,14-18,25H,9-10H2. The molecule has 1 aliphatic carbocycles. The Labute approximate surface area is 172 Å². The first-order valence-electron chi connectivity index (χ1n) is 9.18. The van der Waals surface area contributed by atoms with E-state index in [4.69, 9.17) is 28.6 Å². The number of aliphatic hydroxyl groups excluding tert-OH is 1. The normalized spacial score (nSPS) is 31.1. The van der Waals surface area contributed by atoms with Gasteiger partial charge in [0.05, 0.1) is 36.3 Å². The summed E-state index contributed by atoms with van der Waals surface area (Å²) in [6.07, 6.45) is 0.823. The van der Waals surface area contributed by atoms with E-state index in [2.05, 4.69) is 4.98 Å². The lowest BCUT2D eigenvalue weighted by Crippen LogP contribution is -2.66. The lowest BCUT2D eigenvalue weighted by molar-refractivity contribution is -0.194. The molecule has 4 aliphatic rings. The van der Waals surface area contributed by atoms with E-state index in [-0.39, 0.29) is 18.1 Å². The summed E-state index contributed by atoms with van der Waals surface area (Å²) >= 11 is 11.9. The fourth-order valence-corrected chi connectivity index (χ4v) is 5.15. The second-order valence-corrected chi connectivity index (χ2v) is 8.17. The minimum absolute atomic E-state index is 0.188. The van der Waals surface area contributed by atoms with Gasteiger partial charge in [0.1, 0.15) is 6.10 Å². The number of aliphatic hydroxyl groups is 1. The predicted molar refractivity (Wildman–Crippen MR) is 108 cm³/mol. The van der Waals surface area contributed by atoms with Crippen molar-refractivity contribution in [2.75, 3.05) is 4.90 Å². The number of carbonyl (C=O) groups excluding carboxylic acids is 1. The summed E-state index contributed by atoms with van der Waals surface area (Å²) in [5.74, 6) is -0.703. The summed E-state index contributed by atoms with van der Waals surface area (Å²) in [6, 6.07) is 12.7. The van der Waals surface area contributed by atoms with Crippen LogP contribution < -0.4 is 4.90 Å². The van der Waals surface area contributed by atoms with Crippen LogP contribution in [0.15, 0.2) is 48.7 Å². The van der Waals surface area contributed by atoms with Crippen LogP contribution in [0.4, 0.5) is 5.69 Å². The van der Waals surface area contributed by atoms with Gasteiger partial charge in [0, 0.05) is 16.9 Å². The van der Waals surface area contributed by atoms with Gasteiger partial charge in [0.25, 0.3) is 0 Å². The molecule has 6 rings (SSSR count). The van der Waals surface area contributed by atoms with E-state index in [1.807, 2.05) is 52.3 Å². The SMILES string of the molecule is O=C1OC2C(O)CC1C1C2N(Cc2ccccn2)C(=S)N1c1ccc(Cl)cc1. The Bertz CT molecular complexity index is 926. The third kappa shape index (κ3) is 2.69. The fraction of sp³-hybridized carbons (Fsp3) is 0.350. The minimum Gasteiger partial charge on any atom is -0.457 e. The molecule has 1 aromatic carbocycles. The van der Waals surface area contributed by atoms with Crippen molar-refractivity contribution in [1.82, 2.24) is 9.88 Å². The Morgan fingerprint density at radius 2 is 2.00 bits per heavy atom. The average molecular weight is 416 g/mol. The first-order valence-corrected chi connectivity index (χ1v) is 9.97. The molecule has 1 N–H and O–H groups in total. The predicted octanol–water partition coefficient (Wildman–Crippen LogP) is 2.39. The Morgan fingerprint density at radius 1 is 1.21 bits per heavy atom. The van der Waals surface area contributed by atoms with Crippen LogP contribution in [0.3, 0.4) is 0 Å². The Balaban J connectivity index is 1.58. The van der Waals surface area contributed by atoms with Crippen LogP contribution in [0.25, 0.3) is 0 Å². The molecule has 0 amide bonds. The van der Waals surface area contributed by atoms with E-state index >= 15 is 0 Å². The molecule has 6 nitrogen and oxygen atoms in total. The van der Waals surface area contributed by atoms with Crippen molar-refractivity contribution < 1.29 is 14.6 Å². The quantitative estimate of drug-likeness (QED) is 0.609. The van der Waals surface area contributed by atoms with Crippen LogP contribution in [0.5, 0.6) is 0 Å². The highest BCUT2D eigenvalue weighted by molar-refractivity contribution is 7.80. The van der Waals surface area contributed by atoms with Crippen molar-refractivity contribution >= 4 is 40.6 Å². The molecule has 8 heteroatoms. The fourth-order valence-electron chi connectivity index (χ4n) is 4.61. The molecular weight excluding hydrogens is 398 g/mol. The maximum atomic E-state index is 12.5. The van der Waals surface area contributed by atoms with Gasteiger partial charge in [-0.25, -0.2) is 0 Å². The number of aromatic nitrogens is 1. The van der Waals surface area contributed by atoms with Crippen LogP contribution in [0.1, 0.15) is 12.1 Å². The zero-order valence-corrected chi connectivity index (χ0v) is 16.4. The van der Waals surface area contributed by atoms with E-state index < -0.39 is 18.1 Å².